The Labute approximate surface area is 149 Å². The van der Waals surface area contributed by atoms with Crippen LogP contribution in [-0.2, 0) is 16.9 Å². The van der Waals surface area contributed by atoms with Crippen LogP contribution in [0, 0.1) is 0 Å². The topological polar surface area (TPSA) is 83.3 Å². The maximum absolute atomic E-state index is 12.1. The zero-order valence-electron chi connectivity index (χ0n) is 13.9. The van der Waals surface area contributed by atoms with Crippen molar-refractivity contribution in [2.24, 2.45) is 0 Å². The molecule has 0 bridgehead atoms. The van der Waals surface area contributed by atoms with E-state index in [-0.39, 0.29) is 30.7 Å². The van der Waals surface area contributed by atoms with Crippen molar-refractivity contribution < 1.29 is 9.32 Å². The Morgan fingerprint density at radius 1 is 1.30 bits per heavy atom. The Balaban J connectivity index is 0.00000242. The van der Waals surface area contributed by atoms with Gasteiger partial charge in [0.05, 0.1) is 6.54 Å². The lowest BCUT2D eigenvalue weighted by Gasteiger charge is -2.26. The van der Waals surface area contributed by atoms with E-state index in [0.29, 0.717) is 31.2 Å². The fraction of sp³-hybridized carbons (Fsp3) is 0.786. The molecule has 1 aliphatic rings. The number of hydrogen-bond donors (Lipinski definition) is 2. The highest BCUT2D eigenvalue weighted by Gasteiger charge is 2.41. The first-order valence-electron chi connectivity index (χ1n) is 7.49. The Kier molecular flexibility index (Phi) is 9.68. The second kappa shape index (κ2) is 10.1. The molecule has 0 radical (unpaired) electrons. The second-order valence-corrected chi connectivity index (χ2v) is 5.94. The summed E-state index contributed by atoms with van der Waals surface area (Å²) in [5.41, 5.74) is -0.446. The Morgan fingerprint density at radius 2 is 1.96 bits per heavy atom. The molecule has 0 saturated heterocycles. The van der Waals surface area contributed by atoms with Crippen molar-refractivity contribution in [3.8, 4) is 0 Å². The van der Waals surface area contributed by atoms with Crippen molar-refractivity contribution in [2.75, 3.05) is 27.7 Å². The molecule has 0 atom stereocenters. The monoisotopic (exact) mass is 367 g/mol. The molecule has 1 aliphatic carbocycles. The lowest BCUT2D eigenvalue weighted by atomic mass is 9.96. The van der Waals surface area contributed by atoms with Crippen molar-refractivity contribution in [2.45, 2.75) is 44.2 Å². The SMILES string of the molecule is CNCCC(=O)NC1(c2noc(CN(C)C)n2)CCCC1.Cl.Cl. The Morgan fingerprint density at radius 3 is 2.52 bits per heavy atom. The maximum atomic E-state index is 12.1. The van der Waals surface area contributed by atoms with Crippen LogP contribution in [-0.4, -0.2) is 48.6 Å². The van der Waals surface area contributed by atoms with E-state index < -0.39 is 5.54 Å². The molecular weight excluding hydrogens is 341 g/mol. The van der Waals surface area contributed by atoms with Crippen LogP contribution in [0.4, 0.5) is 0 Å². The van der Waals surface area contributed by atoms with E-state index >= 15 is 0 Å². The van der Waals surface area contributed by atoms with Crippen molar-refractivity contribution in [1.82, 2.24) is 25.7 Å². The lowest BCUT2D eigenvalue weighted by Crippen LogP contribution is -2.45. The van der Waals surface area contributed by atoms with Gasteiger partial charge in [-0.05, 0) is 34.0 Å². The summed E-state index contributed by atoms with van der Waals surface area (Å²) in [6.07, 6.45) is 4.35. The summed E-state index contributed by atoms with van der Waals surface area (Å²) >= 11 is 0. The molecule has 1 fully saturated rings. The lowest BCUT2D eigenvalue weighted by molar-refractivity contribution is -0.123. The minimum absolute atomic E-state index is 0. The second-order valence-electron chi connectivity index (χ2n) is 5.94. The molecule has 0 aliphatic heterocycles. The minimum atomic E-state index is -0.446. The number of hydrogen-bond acceptors (Lipinski definition) is 6. The van der Waals surface area contributed by atoms with Crippen LogP contribution in [0.1, 0.15) is 43.8 Å². The van der Waals surface area contributed by atoms with Crippen LogP contribution in [0.2, 0.25) is 0 Å². The molecular formula is C14H27Cl2N5O2. The molecule has 1 amide bonds. The fourth-order valence-electron chi connectivity index (χ4n) is 2.73. The Bertz CT molecular complexity index is 475. The van der Waals surface area contributed by atoms with Gasteiger partial charge in [-0.2, -0.15) is 4.98 Å². The molecule has 1 heterocycles. The van der Waals surface area contributed by atoms with Gasteiger partial charge in [0.25, 0.3) is 0 Å². The molecule has 0 unspecified atom stereocenters. The number of carbonyl (C=O) groups is 1. The van der Waals surface area contributed by atoms with Crippen LogP contribution < -0.4 is 10.6 Å². The number of amides is 1. The smallest absolute Gasteiger partial charge is 0.240 e. The first kappa shape index (κ1) is 22.1. The summed E-state index contributed by atoms with van der Waals surface area (Å²) < 4.78 is 5.31. The van der Waals surface area contributed by atoms with Gasteiger partial charge in [-0.1, -0.05) is 18.0 Å². The molecule has 1 aromatic rings. The molecule has 9 heteroatoms. The van der Waals surface area contributed by atoms with Crippen molar-refractivity contribution in [3.63, 3.8) is 0 Å². The van der Waals surface area contributed by atoms with Gasteiger partial charge in [-0.3, -0.25) is 4.79 Å². The van der Waals surface area contributed by atoms with E-state index in [4.69, 9.17) is 4.52 Å². The molecule has 0 spiro atoms. The van der Waals surface area contributed by atoms with Gasteiger partial charge < -0.3 is 20.1 Å². The first-order valence-corrected chi connectivity index (χ1v) is 7.49. The third-order valence-electron chi connectivity index (χ3n) is 3.79. The third-order valence-corrected chi connectivity index (χ3v) is 3.79. The summed E-state index contributed by atoms with van der Waals surface area (Å²) in [7, 11) is 5.74. The fourth-order valence-corrected chi connectivity index (χ4v) is 2.73. The summed E-state index contributed by atoms with van der Waals surface area (Å²) in [5.74, 6) is 1.24. The van der Waals surface area contributed by atoms with Crippen LogP contribution in [0.15, 0.2) is 4.52 Å². The predicted octanol–water partition coefficient (Wildman–Crippen LogP) is 1.47. The quantitative estimate of drug-likeness (QED) is 0.759. The summed E-state index contributed by atoms with van der Waals surface area (Å²) in [4.78, 5) is 18.5. The van der Waals surface area contributed by atoms with Crippen molar-refractivity contribution in [1.29, 1.82) is 0 Å². The average Bonchev–Trinajstić information content (AvgIpc) is 3.06. The highest BCUT2D eigenvalue weighted by Crippen LogP contribution is 2.37. The molecule has 1 saturated carbocycles. The Hall–Kier alpha value is -0.890. The van der Waals surface area contributed by atoms with Gasteiger partial charge in [-0.15, -0.1) is 24.8 Å². The molecule has 23 heavy (non-hydrogen) atoms. The molecule has 7 nitrogen and oxygen atoms in total. The molecule has 0 aromatic carbocycles. The van der Waals surface area contributed by atoms with Crippen LogP contribution >= 0.6 is 24.8 Å². The summed E-state index contributed by atoms with van der Waals surface area (Å²) in [5, 5.41) is 10.2. The number of halogens is 2. The third kappa shape index (κ3) is 5.91. The van der Waals surface area contributed by atoms with E-state index in [1.54, 1.807) is 0 Å². The highest BCUT2D eigenvalue weighted by molar-refractivity contribution is 5.85. The van der Waals surface area contributed by atoms with E-state index in [1.165, 1.54) is 0 Å². The number of nitrogens with zero attached hydrogens (tertiary/aromatic N) is 3. The summed E-state index contributed by atoms with van der Waals surface area (Å²) in [6, 6.07) is 0. The van der Waals surface area contributed by atoms with Gasteiger partial charge in [0.2, 0.25) is 11.8 Å². The molecule has 134 valence electrons. The van der Waals surface area contributed by atoms with Crippen LogP contribution in [0.5, 0.6) is 0 Å². The zero-order valence-corrected chi connectivity index (χ0v) is 15.6. The molecule has 2 rings (SSSR count). The van der Waals surface area contributed by atoms with Gasteiger partial charge in [-0.25, -0.2) is 0 Å². The van der Waals surface area contributed by atoms with Crippen LogP contribution in [0.25, 0.3) is 0 Å². The van der Waals surface area contributed by atoms with E-state index in [2.05, 4.69) is 20.8 Å². The molecule has 1 aromatic heterocycles. The molecule has 2 N–H and O–H groups in total. The number of aromatic nitrogens is 2. The highest BCUT2D eigenvalue weighted by atomic mass is 35.5. The van der Waals surface area contributed by atoms with Crippen molar-refractivity contribution >= 4 is 30.7 Å². The number of carbonyl (C=O) groups excluding carboxylic acids is 1. The maximum Gasteiger partial charge on any atom is 0.240 e. The van der Waals surface area contributed by atoms with Gasteiger partial charge in [0.1, 0.15) is 5.54 Å². The van der Waals surface area contributed by atoms with Crippen molar-refractivity contribution in [3.05, 3.63) is 11.7 Å². The first-order chi connectivity index (χ1) is 10.1. The zero-order chi connectivity index (χ0) is 15.3. The standard InChI is InChI=1S/C14H25N5O2.2ClH/c1-15-9-6-11(20)17-14(7-4-5-8-14)13-16-12(21-18-13)10-19(2)3;;/h15H,4-10H2,1-3H3,(H,17,20);2*1H. The average molecular weight is 368 g/mol. The van der Waals surface area contributed by atoms with E-state index in [1.807, 2.05) is 26.0 Å². The van der Waals surface area contributed by atoms with Gasteiger partial charge in [0, 0.05) is 13.0 Å². The minimum Gasteiger partial charge on any atom is -0.343 e. The predicted molar refractivity (Wildman–Crippen MR) is 93.0 cm³/mol. The largest absolute Gasteiger partial charge is 0.343 e. The summed E-state index contributed by atoms with van der Waals surface area (Å²) in [6.45, 7) is 1.27. The number of nitrogens with one attached hydrogen (secondary N) is 2. The van der Waals surface area contributed by atoms with Crippen LogP contribution in [0.3, 0.4) is 0 Å². The number of rotatable bonds is 7. The van der Waals surface area contributed by atoms with E-state index in [0.717, 1.165) is 25.7 Å². The van der Waals surface area contributed by atoms with E-state index in [9.17, 15) is 4.79 Å². The van der Waals surface area contributed by atoms with Gasteiger partial charge in [0.15, 0.2) is 5.82 Å². The van der Waals surface area contributed by atoms with Gasteiger partial charge >= 0.3 is 0 Å². The normalized spacial score (nSPS) is 15.8.